The molecule has 0 radical (unpaired) electrons. The maximum Gasteiger partial charge on any atom is 0.282 e. The lowest BCUT2D eigenvalue weighted by Gasteiger charge is -2.04. The number of rotatable bonds is 5. The number of halogens is 1. The van der Waals surface area contributed by atoms with Crippen LogP contribution in [0.1, 0.15) is 5.56 Å². The molecule has 3 rings (SSSR count). The van der Waals surface area contributed by atoms with Gasteiger partial charge in [0.25, 0.3) is 10.0 Å². The standard InChI is InChI=1S/C14H14ClN5O2S/c1-19-10-16-14(13(19)15)23(21,22)18-12-7-17-20(9-12)8-11-5-3-2-4-6-11/h2-7,9-10,18H,8H2,1H3. The molecule has 0 bridgehead atoms. The summed E-state index contributed by atoms with van der Waals surface area (Å²) in [6, 6.07) is 9.75. The van der Waals surface area contributed by atoms with E-state index in [1.165, 1.54) is 17.1 Å². The summed E-state index contributed by atoms with van der Waals surface area (Å²) < 4.78 is 30.1. The lowest BCUT2D eigenvalue weighted by atomic mass is 10.2. The maximum absolute atomic E-state index is 12.3. The van der Waals surface area contributed by atoms with Crippen LogP contribution in [-0.4, -0.2) is 27.7 Å². The Morgan fingerprint density at radius 3 is 2.65 bits per heavy atom. The molecule has 0 saturated carbocycles. The number of aromatic nitrogens is 4. The van der Waals surface area contributed by atoms with Gasteiger partial charge in [0.2, 0.25) is 5.03 Å². The number of hydrogen-bond donors (Lipinski definition) is 1. The molecule has 0 saturated heterocycles. The first kappa shape index (κ1) is 15.6. The van der Waals surface area contributed by atoms with Crippen molar-refractivity contribution < 1.29 is 8.42 Å². The van der Waals surface area contributed by atoms with Crippen molar-refractivity contribution in [3.63, 3.8) is 0 Å². The van der Waals surface area contributed by atoms with E-state index < -0.39 is 10.0 Å². The molecule has 0 amide bonds. The molecular weight excluding hydrogens is 338 g/mol. The number of benzene rings is 1. The van der Waals surface area contributed by atoms with Crippen LogP contribution in [0.5, 0.6) is 0 Å². The highest BCUT2D eigenvalue weighted by molar-refractivity contribution is 7.92. The Balaban J connectivity index is 1.77. The summed E-state index contributed by atoms with van der Waals surface area (Å²) in [4.78, 5) is 3.81. The van der Waals surface area contributed by atoms with Gasteiger partial charge >= 0.3 is 0 Å². The SMILES string of the molecule is Cn1cnc(S(=O)(=O)Nc2cnn(Cc3ccccc3)c2)c1Cl. The molecular formula is C14H14ClN5O2S. The van der Waals surface area contributed by atoms with Gasteiger partial charge in [0.05, 0.1) is 24.8 Å². The summed E-state index contributed by atoms with van der Waals surface area (Å²) in [7, 11) is -2.23. The van der Waals surface area contributed by atoms with Crippen molar-refractivity contribution in [1.82, 2.24) is 19.3 Å². The Labute approximate surface area is 138 Å². The Kier molecular flexibility index (Phi) is 4.10. The van der Waals surface area contributed by atoms with Gasteiger partial charge in [0.1, 0.15) is 5.15 Å². The van der Waals surface area contributed by atoms with Crippen LogP contribution in [0.4, 0.5) is 5.69 Å². The van der Waals surface area contributed by atoms with Gasteiger partial charge in [-0.25, -0.2) is 4.98 Å². The predicted octanol–water partition coefficient (Wildman–Crippen LogP) is 2.12. The highest BCUT2D eigenvalue weighted by Crippen LogP contribution is 2.21. The zero-order valence-electron chi connectivity index (χ0n) is 12.2. The summed E-state index contributed by atoms with van der Waals surface area (Å²) in [6.45, 7) is 0.549. The molecule has 1 aromatic carbocycles. The highest BCUT2D eigenvalue weighted by atomic mass is 35.5. The van der Waals surface area contributed by atoms with Gasteiger partial charge in [0, 0.05) is 13.2 Å². The molecule has 2 heterocycles. The fraction of sp³-hybridized carbons (Fsp3) is 0.143. The first-order valence-corrected chi connectivity index (χ1v) is 8.58. The van der Waals surface area contributed by atoms with Crippen LogP contribution in [0.25, 0.3) is 0 Å². The fourth-order valence-corrected chi connectivity index (χ4v) is 3.51. The van der Waals surface area contributed by atoms with Crippen molar-refractivity contribution in [2.24, 2.45) is 7.05 Å². The largest absolute Gasteiger partial charge is 0.324 e. The Morgan fingerprint density at radius 1 is 1.26 bits per heavy atom. The highest BCUT2D eigenvalue weighted by Gasteiger charge is 2.22. The molecule has 0 atom stereocenters. The van der Waals surface area contributed by atoms with E-state index in [1.54, 1.807) is 17.9 Å². The fourth-order valence-electron chi connectivity index (χ4n) is 2.05. The number of hydrogen-bond acceptors (Lipinski definition) is 4. The monoisotopic (exact) mass is 351 g/mol. The van der Waals surface area contributed by atoms with Crippen molar-refractivity contribution >= 4 is 27.3 Å². The molecule has 1 N–H and O–H groups in total. The third-order valence-electron chi connectivity index (χ3n) is 3.16. The molecule has 23 heavy (non-hydrogen) atoms. The summed E-state index contributed by atoms with van der Waals surface area (Å²) in [5.74, 6) is 0. The van der Waals surface area contributed by atoms with Gasteiger partial charge in [-0.05, 0) is 5.56 Å². The molecule has 0 aliphatic heterocycles. The molecule has 9 heteroatoms. The third kappa shape index (κ3) is 3.38. The molecule has 0 fully saturated rings. The van der Waals surface area contributed by atoms with Crippen LogP contribution in [0.15, 0.2) is 54.1 Å². The quantitative estimate of drug-likeness (QED) is 0.763. The first-order valence-electron chi connectivity index (χ1n) is 6.72. The smallest absolute Gasteiger partial charge is 0.282 e. The van der Waals surface area contributed by atoms with Crippen LogP contribution >= 0.6 is 11.6 Å². The predicted molar refractivity (Wildman–Crippen MR) is 86.8 cm³/mol. The van der Waals surface area contributed by atoms with E-state index in [4.69, 9.17) is 11.6 Å². The van der Waals surface area contributed by atoms with Crippen LogP contribution in [-0.2, 0) is 23.6 Å². The second kappa shape index (κ2) is 6.05. The topological polar surface area (TPSA) is 81.8 Å². The van der Waals surface area contributed by atoms with E-state index in [-0.39, 0.29) is 10.2 Å². The van der Waals surface area contributed by atoms with Gasteiger partial charge in [-0.1, -0.05) is 41.9 Å². The van der Waals surface area contributed by atoms with Gasteiger partial charge in [0.15, 0.2) is 0 Å². The Morgan fingerprint density at radius 2 is 2.00 bits per heavy atom. The lowest BCUT2D eigenvalue weighted by molar-refractivity contribution is 0.598. The molecule has 120 valence electrons. The van der Waals surface area contributed by atoms with E-state index in [2.05, 4.69) is 14.8 Å². The van der Waals surface area contributed by atoms with E-state index in [1.807, 2.05) is 30.3 Å². The summed E-state index contributed by atoms with van der Waals surface area (Å²) in [6.07, 6.45) is 4.40. The van der Waals surface area contributed by atoms with Crippen LogP contribution in [0.3, 0.4) is 0 Å². The number of nitrogens with one attached hydrogen (secondary N) is 1. The molecule has 0 aliphatic carbocycles. The van der Waals surface area contributed by atoms with E-state index in [0.717, 1.165) is 5.56 Å². The second-order valence-corrected chi connectivity index (χ2v) is 6.92. The minimum atomic E-state index is -3.85. The molecule has 2 aromatic heterocycles. The van der Waals surface area contributed by atoms with Crippen molar-refractivity contribution in [3.8, 4) is 0 Å². The van der Waals surface area contributed by atoms with Gasteiger partial charge in [-0.3, -0.25) is 9.40 Å². The molecule has 3 aromatic rings. The third-order valence-corrected chi connectivity index (χ3v) is 5.03. The number of nitrogens with zero attached hydrogens (tertiary/aromatic N) is 4. The summed E-state index contributed by atoms with van der Waals surface area (Å²) in [5, 5.41) is 3.99. The molecule has 0 aliphatic rings. The molecule has 0 unspecified atom stereocenters. The zero-order valence-corrected chi connectivity index (χ0v) is 13.8. The number of imidazole rings is 1. The van der Waals surface area contributed by atoms with Gasteiger partial charge < -0.3 is 4.57 Å². The summed E-state index contributed by atoms with van der Waals surface area (Å²) in [5.41, 5.74) is 1.42. The van der Waals surface area contributed by atoms with E-state index in [9.17, 15) is 8.42 Å². The van der Waals surface area contributed by atoms with E-state index in [0.29, 0.717) is 12.2 Å². The van der Waals surface area contributed by atoms with Crippen molar-refractivity contribution in [1.29, 1.82) is 0 Å². The molecule has 0 spiro atoms. The van der Waals surface area contributed by atoms with Gasteiger partial charge in [-0.2, -0.15) is 13.5 Å². The number of anilines is 1. The minimum absolute atomic E-state index is 0.0502. The van der Waals surface area contributed by atoms with Gasteiger partial charge in [-0.15, -0.1) is 0 Å². The van der Waals surface area contributed by atoms with Crippen LogP contribution < -0.4 is 4.72 Å². The van der Waals surface area contributed by atoms with Crippen molar-refractivity contribution in [2.75, 3.05) is 4.72 Å². The number of aryl methyl sites for hydroxylation is 1. The lowest BCUT2D eigenvalue weighted by Crippen LogP contribution is -2.13. The molecule has 7 nitrogen and oxygen atoms in total. The Bertz CT molecular complexity index is 918. The number of sulfonamides is 1. The average molecular weight is 352 g/mol. The average Bonchev–Trinajstić information content (AvgIpc) is 3.07. The van der Waals surface area contributed by atoms with Crippen molar-refractivity contribution in [2.45, 2.75) is 11.6 Å². The Hall–Kier alpha value is -2.32. The van der Waals surface area contributed by atoms with Crippen LogP contribution in [0, 0.1) is 0 Å². The van der Waals surface area contributed by atoms with Crippen molar-refractivity contribution in [3.05, 3.63) is 59.8 Å². The second-order valence-electron chi connectivity index (χ2n) is 4.97. The van der Waals surface area contributed by atoms with Crippen LogP contribution in [0.2, 0.25) is 5.15 Å². The first-order chi connectivity index (χ1) is 11.0. The normalized spacial score (nSPS) is 11.6. The summed E-state index contributed by atoms with van der Waals surface area (Å²) >= 11 is 5.93. The minimum Gasteiger partial charge on any atom is -0.324 e. The van der Waals surface area contributed by atoms with E-state index >= 15 is 0 Å². The maximum atomic E-state index is 12.3. The zero-order chi connectivity index (χ0) is 16.4.